The molecule has 0 saturated heterocycles. The van der Waals surface area contributed by atoms with Crippen LogP contribution in [0.2, 0.25) is 0 Å². The fraction of sp³-hybridized carbons (Fsp3) is 0.875. The van der Waals surface area contributed by atoms with Crippen LogP contribution in [0.4, 0.5) is 8.78 Å². The maximum Gasteiger partial charge on any atom is 0.269 e. The number of rotatable bonds is 0. The number of halogens is 2. The van der Waals surface area contributed by atoms with Crippen molar-refractivity contribution in [3.63, 3.8) is 0 Å². The van der Waals surface area contributed by atoms with Gasteiger partial charge < -0.3 is 0 Å². The van der Waals surface area contributed by atoms with Crippen LogP contribution in [0.5, 0.6) is 0 Å². The first-order valence-corrected chi connectivity index (χ1v) is 7.08. The van der Waals surface area contributed by atoms with E-state index in [1.54, 1.807) is 6.92 Å². The molecule has 0 N–H and O–H groups in total. The van der Waals surface area contributed by atoms with Gasteiger partial charge in [0.2, 0.25) is 0 Å². The molecule has 2 aliphatic carbocycles. The summed E-state index contributed by atoms with van der Waals surface area (Å²) < 4.78 is 28.5. The molecule has 0 aromatic carbocycles. The van der Waals surface area contributed by atoms with Crippen LogP contribution in [0, 0.1) is 22.7 Å². The van der Waals surface area contributed by atoms with E-state index in [-0.39, 0.29) is 17.3 Å². The highest BCUT2D eigenvalue weighted by Crippen LogP contribution is 2.62. The highest BCUT2D eigenvalue weighted by molar-refractivity contribution is 5.29. The van der Waals surface area contributed by atoms with Gasteiger partial charge in [-0.15, -0.1) is 0 Å². The van der Waals surface area contributed by atoms with Crippen LogP contribution in [0.3, 0.4) is 0 Å². The zero-order valence-corrected chi connectivity index (χ0v) is 12.5. The molecule has 0 amide bonds. The van der Waals surface area contributed by atoms with Gasteiger partial charge in [0.25, 0.3) is 5.92 Å². The van der Waals surface area contributed by atoms with Crippen molar-refractivity contribution < 1.29 is 8.78 Å². The molecule has 18 heavy (non-hydrogen) atoms. The molecule has 2 heteroatoms. The monoisotopic (exact) mass is 256 g/mol. The quantitative estimate of drug-likeness (QED) is 0.506. The predicted molar refractivity (Wildman–Crippen MR) is 71.7 cm³/mol. The van der Waals surface area contributed by atoms with E-state index in [0.717, 1.165) is 18.4 Å². The number of allylic oxidation sites excluding steroid dienone is 2. The molecular weight excluding hydrogens is 230 g/mol. The van der Waals surface area contributed by atoms with Gasteiger partial charge in [-0.25, -0.2) is 8.78 Å². The van der Waals surface area contributed by atoms with Gasteiger partial charge in [0, 0.05) is 6.42 Å². The highest BCUT2D eigenvalue weighted by atomic mass is 19.3. The van der Waals surface area contributed by atoms with E-state index in [2.05, 4.69) is 27.7 Å². The fourth-order valence-corrected chi connectivity index (χ4v) is 4.41. The lowest BCUT2D eigenvalue weighted by molar-refractivity contribution is -0.107. The summed E-state index contributed by atoms with van der Waals surface area (Å²) in [6.45, 7) is 12.3. The minimum atomic E-state index is -2.61. The van der Waals surface area contributed by atoms with E-state index in [9.17, 15) is 8.78 Å². The van der Waals surface area contributed by atoms with Crippen molar-refractivity contribution >= 4 is 0 Å². The number of hydrogen-bond donors (Lipinski definition) is 0. The maximum absolute atomic E-state index is 14.2. The largest absolute Gasteiger partial charge is 0.269 e. The Morgan fingerprint density at radius 1 is 1.11 bits per heavy atom. The van der Waals surface area contributed by atoms with Crippen LogP contribution in [0.1, 0.15) is 60.8 Å². The molecule has 1 fully saturated rings. The zero-order chi connectivity index (χ0) is 13.9. The molecule has 2 rings (SSSR count). The van der Waals surface area contributed by atoms with Crippen LogP contribution < -0.4 is 0 Å². The summed E-state index contributed by atoms with van der Waals surface area (Å²) in [5.74, 6) is -1.94. The smallest absolute Gasteiger partial charge is 0.202 e. The Morgan fingerprint density at radius 2 is 1.67 bits per heavy atom. The predicted octanol–water partition coefficient (Wildman–Crippen LogP) is 5.44. The lowest BCUT2D eigenvalue weighted by atomic mass is 9.48. The van der Waals surface area contributed by atoms with Gasteiger partial charge in [-0.2, -0.15) is 0 Å². The van der Waals surface area contributed by atoms with Crippen molar-refractivity contribution in [3.8, 4) is 0 Å². The topological polar surface area (TPSA) is 0 Å². The van der Waals surface area contributed by atoms with E-state index >= 15 is 0 Å². The average molecular weight is 256 g/mol. The lowest BCUT2D eigenvalue weighted by Gasteiger charge is -2.57. The second kappa shape index (κ2) is 3.80. The van der Waals surface area contributed by atoms with Crippen molar-refractivity contribution in [2.24, 2.45) is 22.7 Å². The van der Waals surface area contributed by atoms with Crippen LogP contribution >= 0.6 is 0 Å². The van der Waals surface area contributed by atoms with Crippen molar-refractivity contribution in [1.29, 1.82) is 0 Å². The minimum Gasteiger partial charge on any atom is -0.202 e. The number of fused-ring (bicyclic) bond motifs is 1. The first-order valence-electron chi connectivity index (χ1n) is 7.08. The Hall–Kier alpha value is -0.400. The number of alkyl halides is 2. The van der Waals surface area contributed by atoms with Gasteiger partial charge in [-0.1, -0.05) is 33.3 Å². The summed E-state index contributed by atoms with van der Waals surface area (Å²) in [7, 11) is 0. The average Bonchev–Trinajstić information content (AvgIpc) is 2.22. The van der Waals surface area contributed by atoms with E-state index in [1.807, 2.05) is 6.92 Å². The SMILES string of the molecule is CC1=C(C)C(F)(F)CC2(C)C1CCC(C)(C)C2C. The Morgan fingerprint density at radius 3 is 2.22 bits per heavy atom. The van der Waals surface area contributed by atoms with Crippen molar-refractivity contribution in [3.05, 3.63) is 11.1 Å². The van der Waals surface area contributed by atoms with Crippen molar-refractivity contribution in [1.82, 2.24) is 0 Å². The summed E-state index contributed by atoms with van der Waals surface area (Å²) in [4.78, 5) is 0. The van der Waals surface area contributed by atoms with Crippen molar-refractivity contribution in [2.45, 2.75) is 66.7 Å². The molecule has 0 heterocycles. The maximum atomic E-state index is 14.2. The molecule has 0 aromatic rings. The Bertz CT molecular complexity index is 392. The van der Waals surface area contributed by atoms with E-state index in [1.165, 1.54) is 0 Å². The van der Waals surface area contributed by atoms with Crippen LogP contribution in [-0.4, -0.2) is 5.92 Å². The molecule has 0 aliphatic heterocycles. The van der Waals surface area contributed by atoms with E-state index < -0.39 is 5.92 Å². The third-order valence-electron chi connectivity index (χ3n) is 6.30. The second-order valence-electron chi connectivity index (χ2n) is 7.50. The number of hydrogen-bond acceptors (Lipinski definition) is 0. The standard InChI is InChI=1S/C16H26F2/c1-10-11(2)16(17,18)9-15(6)12(3)14(4,5)8-7-13(10)15/h12-13H,7-9H2,1-6H3. The van der Waals surface area contributed by atoms with Gasteiger partial charge in [0.15, 0.2) is 0 Å². The molecule has 1 saturated carbocycles. The first-order chi connectivity index (χ1) is 8.02. The molecule has 104 valence electrons. The highest BCUT2D eigenvalue weighted by Gasteiger charge is 2.57. The van der Waals surface area contributed by atoms with Gasteiger partial charge >= 0.3 is 0 Å². The molecule has 3 unspecified atom stereocenters. The molecule has 0 bridgehead atoms. The minimum absolute atomic E-state index is 0.0262. The Labute approximate surface area is 110 Å². The second-order valence-corrected chi connectivity index (χ2v) is 7.50. The van der Waals surface area contributed by atoms with Crippen LogP contribution in [-0.2, 0) is 0 Å². The Balaban J connectivity index is 2.50. The van der Waals surface area contributed by atoms with Crippen molar-refractivity contribution in [2.75, 3.05) is 0 Å². The van der Waals surface area contributed by atoms with Gasteiger partial charge in [-0.05, 0) is 54.9 Å². The fourth-order valence-electron chi connectivity index (χ4n) is 4.41. The van der Waals surface area contributed by atoms with Gasteiger partial charge in [-0.3, -0.25) is 0 Å². The third kappa shape index (κ3) is 1.75. The summed E-state index contributed by atoms with van der Waals surface area (Å²) >= 11 is 0. The summed E-state index contributed by atoms with van der Waals surface area (Å²) in [5, 5.41) is 0. The van der Waals surface area contributed by atoms with E-state index in [4.69, 9.17) is 0 Å². The molecule has 2 aliphatic rings. The first kappa shape index (κ1) is 14.0. The normalized spacial score (nSPS) is 42.7. The van der Waals surface area contributed by atoms with Crippen LogP contribution in [0.25, 0.3) is 0 Å². The zero-order valence-electron chi connectivity index (χ0n) is 12.5. The van der Waals surface area contributed by atoms with Gasteiger partial charge in [0.1, 0.15) is 0 Å². The summed E-state index contributed by atoms with van der Waals surface area (Å²) in [5.41, 5.74) is 1.20. The summed E-state index contributed by atoms with van der Waals surface area (Å²) in [6, 6.07) is 0. The van der Waals surface area contributed by atoms with Crippen LogP contribution in [0.15, 0.2) is 11.1 Å². The third-order valence-corrected chi connectivity index (χ3v) is 6.30. The van der Waals surface area contributed by atoms with Gasteiger partial charge in [0.05, 0.1) is 0 Å². The Kier molecular flexibility index (Phi) is 2.96. The summed E-state index contributed by atoms with van der Waals surface area (Å²) in [6.07, 6.45) is 2.23. The molecule has 0 aromatic heterocycles. The molecule has 0 radical (unpaired) electrons. The molecule has 3 atom stereocenters. The molecule has 0 spiro atoms. The van der Waals surface area contributed by atoms with E-state index in [0.29, 0.717) is 17.4 Å². The molecule has 0 nitrogen and oxygen atoms in total. The molecular formula is C16H26F2. The lowest BCUT2D eigenvalue weighted by Crippen LogP contribution is -2.52.